The molecule has 0 spiro atoms. The molecule has 0 amide bonds. The Morgan fingerprint density at radius 1 is 1.38 bits per heavy atom. The van der Waals surface area contributed by atoms with Gasteiger partial charge in [-0.25, -0.2) is 0 Å². The van der Waals surface area contributed by atoms with E-state index in [4.69, 9.17) is 10.5 Å². The van der Waals surface area contributed by atoms with Gasteiger partial charge in [0.15, 0.2) is 5.78 Å². The van der Waals surface area contributed by atoms with Gasteiger partial charge in [-0.3, -0.25) is 4.79 Å². The first-order valence-electron chi connectivity index (χ1n) is 5.63. The molecule has 1 aromatic rings. The summed E-state index contributed by atoms with van der Waals surface area (Å²) in [5, 5.41) is 0. The maximum Gasteiger partial charge on any atom is 0.157 e. The largest absolute Gasteiger partial charge is 0.497 e. The number of benzene rings is 1. The topological polar surface area (TPSA) is 52.3 Å². The van der Waals surface area contributed by atoms with E-state index in [1.807, 2.05) is 24.3 Å². The van der Waals surface area contributed by atoms with Crippen LogP contribution >= 0.6 is 0 Å². The third-order valence-electron chi connectivity index (χ3n) is 3.31. The molecule has 16 heavy (non-hydrogen) atoms. The van der Waals surface area contributed by atoms with Crippen molar-refractivity contribution in [2.24, 2.45) is 5.73 Å². The Bertz CT molecular complexity index is 403. The van der Waals surface area contributed by atoms with E-state index in [2.05, 4.69) is 0 Å². The molecule has 1 atom stereocenters. The van der Waals surface area contributed by atoms with Crippen LogP contribution in [-0.4, -0.2) is 12.9 Å². The van der Waals surface area contributed by atoms with Crippen molar-refractivity contribution in [2.75, 3.05) is 7.11 Å². The summed E-state index contributed by atoms with van der Waals surface area (Å²) < 4.78 is 5.16. The Morgan fingerprint density at radius 2 is 2.19 bits per heavy atom. The fourth-order valence-electron chi connectivity index (χ4n) is 2.26. The van der Waals surface area contributed by atoms with Crippen molar-refractivity contribution in [1.82, 2.24) is 0 Å². The highest BCUT2D eigenvalue weighted by Gasteiger charge is 2.37. The first kappa shape index (κ1) is 11.1. The standard InChI is InChI=1S/C13H17NO2/c1-16-11-6-4-5-10(9-11)13(14)8-3-2-7-12(13)15/h4-6,9H,2-3,7-8,14H2,1H3/t13-/m0/s1. The Morgan fingerprint density at radius 3 is 2.88 bits per heavy atom. The van der Waals surface area contributed by atoms with Crippen LogP contribution in [0.4, 0.5) is 0 Å². The molecule has 0 aromatic heterocycles. The molecule has 1 fully saturated rings. The summed E-state index contributed by atoms with van der Waals surface area (Å²) >= 11 is 0. The van der Waals surface area contributed by atoms with E-state index < -0.39 is 5.54 Å². The van der Waals surface area contributed by atoms with E-state index in [1.54, 1.807) is 7.11 Å². The third kappa shape index (κ3) is 1.83. The van der Waals surface area contributed by atoms with Crippen LogP contribution < -0.4 is 10.5 Å². The summed E-state index contributed by atoms with van der Waals surface area (Å²) in [7, 11) is 1.62. The van der Waals surface area contributed by atoms with Gasteiger partial charge in [-0.15, -0.1) is 0 Å². The van der Waals surface area contributed by atoms with Gasteiger partial charge in [0, 0.05) is 6.42 Å². The fourth-order valence-corrected chi connectivity index (χ4v) is 2.26. The molecule has 3 heteroatoms. The minimum atomic E-state index is -0.799. The van der Waals surface area contributed by atoms with Crippen molar-refractivity contribution in [3.05, 3.63) is 29.8 Å². The number of methoxy groups -OCH3 is 1. The Hall–Kier alpha value is -1.35. The number of ketones is 1. The van der Waals surface area contributed by atoms with E-state index >= 15 is 0 Å². The van der Waals surface area contributed by atoms with Gasteiger partial charge in [-0.1, -0.05) is 18.6 Å². The van der Waals surface area contributed by atoms with Crippen LogP contribution in [0.5, 0.6) is 5.75 Å². The molecule has 1 aliphatic carbocycles. The predicted octanol–water partition coefficient (Wildman–Crippen LogP) is 1.99. The van der Waals surface area contributed by atoms with Gasteiger partial charge in [0.05, 0.1) is 7.11 Å². The summed E-state index contributed by atoms with van der Waals surface area (Å²) in [6.07, 6.45) is 3.30. The number of Topliss-reactive ketones (excluding diaryl/α,β-unsaturated/α-hetero) is 1. The van der Waals surface area contributed by atoms with Crippen LogP contribution in [0.2, 0.25) is 0 Å². The molecule has 1 aliphatic rings. The van der Waals surface area contributed by atoms with Crippen molar-refractivity contribution >= 4 is 5.78 Å². The van der Waals surface area contributed by atoms with Gasteiger partial charge in [-0.2, -0.15) is 0 Å². The molecule has 0 bridgehead atoms. The molecular weight excluding hydrogens is 202 g/mol. The van der Waals surface area contributed by atoms with Gasteiger partial charge >= 0.3 is 0 Å². The molecule has 0 radical (unpaired) electrons. The zero-order chi connectivity index (χ0) is 11.6. The lowest BCUT2D eigenvalue weighted by molar-refractivity contribution is -0.126. The highest BCUT2D eigenvalue weighted by atomic mass is 16.5. The van der Waals surface area contributed by atoms with Crippen LogP contribution in [-0.2, 0) is 10.3 Å². The summed E-state index contributed by atoms with van der Waals surface area (Å²) in [6.45, 7) is 0. The first-order valence-corrected chi connectivity index (χ1v) is 5.63. The lowest BCUT2D eigenvalue weighted by Gasteiger charge is -2.32. The second kappa shape index (κ2) is 4.26. The van der Waals surface area contributed by atoms with E-state index in [0.29, 0.717) is 6.42 Å². The van der Waals surface area contributed by atoms with Crippen LogP contribution in [0.25, 0.3) is 0 Å². The van der Waals surface area contributed by atoms with Gasteiger partial charge in [0.25, 0.3) is 0 Å². The molecule has 0 heterocycles. The highest BCUT2D eigenvalue weighted by molar-refractivity contribution is 5.90. The number of nitrogens with two attached hydrogens (primary N) is 1. The predicted molar refractivity (Wildman–Crippen MR) is 62.3 cm³/mol. The van der Waals surface area contributed by atoms with Crippen LogP contribution in [0.15, 0.2) is 24.3 Å². The Balaban J connectivity index is 2.37. The molecule has 86 valence electrons. The van der Waals surface area contributed by atoms with Crippen LogP contribution in [0, 0.1) is 0 Å². The smallest absolute Gasteiger partial charge is 0.157 e. The molecular formula is C13H17NO2. The summed E-state index contributed by atoms with van der Waals surface area (Å²) in [5.74, 6) is 0.896. The molecule has 1 saturated carbocycles. The van der Waals surface area contributed by atoms with E-state index in [0.717, 1.165) is 30.6 Å². The van der Waals surface area contributed by atoms with Gasteiger partial charge in [0.2, 0.25) is 0 Å². The Kier molecular flexibility index (Phi) is 2.97. The van der Waals surface area contributed by atoms with E-state index in [1.165, 1.54) is 0 Å². The summed E-state index contributed by atoms with van der Waals surface area (Å²) in [6, 6.07) is 7.51. The number of carbonyl (C=O) groups is 1. The minimum Gasteiger partial charge on any atom is -0.497 e. The number of carbonyl (C=O) groups excluding carboxylic acids is 1. The van der Waals surface area contributed by atoms with Gasteiger partial charge in [0.1, 0.15) is 11.3 Å². The zero-order valence-corrected chi connectivity index (χ0v) is 9.53. The number of rotatable bonds is 2. The normalized spacial score (nSPS) is 25.5. The molecule has 2 N–H and O–H groups in total. The Labute approximate surface area is 95.6 Å². The lowest BCUT2D eigenvalue weighted by atomic mass is 9.76. The molecule has 0 aliphatic heterocycles. The van der Waals surface area contributed by atoms with Crippen molar-refractivity contribution in [3.63, 3.8) is 0 Å². The number of hydrogen-bond donors (Lipinski definition) is 1. The van der Waals surface area contributed by atoms with Crippen LogP contribution in [0.3, 0.4) is 0 Å². The second-order valence-electron chi connectivity index (χ2n) is 4.33. The maximum absolute atomic E-state index is 12.0. The summed E-state index contributed by atoms with van der Waals surface area (Å²) in [5.41, 5.74) is 6.32. The van der Waals surface area contributed by atoms with Crippen molar-refractivity contribution in [3.8, 4) is 5.75 Å². The van der Waals surface area contributed by atoms with Crippen LogP contribution in [0.1, 0.15) is 31.2 Å². The highest BCUT2D eigenvalue weighted by Crippen LogP contribution is 2.33. The average Bonchev–Trinajstić information content (AvgIpc) is 2.33. The second-order valence-corrected chi connectivity index (χ2v) is 4.33. The SMILES string of the molecule is COc1cccc([C@@]2(N)CCCCC2=O)c1. The first-order chi connectivity index (χ1) is 7.66. The van der Waals surface area contributed by atoms with Gasteiger partial charge < -0.3 is 10.5 Å². The zero-order valence-electron chi connectivity index (χ0n) is 9.53. The monoisotopic (exact) mass is 219 g/mol. The number of ether oxygens (including phenoxy) is 1. The molecule has 1 aromatic carbocycles. The van der Waals surface area contributed by atoms with Crippen molar-refractivity contribution < 1.29 is 9.53 Å². The molecule has 2 rings (SSSR count). The third-order valence-corrected chi connectivity index (χ3v) is 3.31. The molecule has 3 nitrogen and oxygen atoms in total. The fraction of sp³-hybridized carbons (Fsp3) is 0.462. The molecule has 0 unspecified atom stereocenters. The molecule has 0 saturated heterocycles. The lowest BCUT2D eigenvalue weighted by Crippen LogP contribution is -2.46. The quantitative estimate of drug-likeness (QED) is 0.827. The van der Waals surface area contributed by atoms with E-state index in [9.17, 15) is 4.79 Å². The number of hydrogen-bond acceptors (Lipinski definition) is 3. The minimum absolute atomic E-state index is 0.145. The average molecular weight is 219 g/mol. The van der Waals surface area contributed by atoms with Crippen molar-refractivity contribution in [1.29, 1.82) is 0 Å². The van der Waals surface area contributed by atoms with Crippen molar-refractivity contribution in [2.45, 2.75) is 31.2 Å². The van der Waals surface area contributed by atoms with Gasteiger partial charge in [-0.05, 0) is 30.5 Å². The summed E-state index contributed by atoms with van der Waals surface area (Å²) in [4.78, 5) is 12.0. The maximum atomic E-state index is 12.0. The van der Waals surface area contributed by atoms with E-state index in [-0.39, 0.29) is 5.78 Å².